The van der Waals surface area contributed by atoms with Crippen LogP contribution in [0.15, 0.2) is 29.8 Å². The van der Waals surface area contributed by atoms with Crippen molar-refractivity contribution in [3.8, 4) is 6.07 Å². The standard InChI is InChI=1S/C15H14N4OS/c16-10-11-5-9-21-15(11)18-14(20)12-4-3-6-17-13(12)19-7-1-2-8-19/h3-6,9H,1-2,7-8H2,(H,18,20). The lowest BCUT2D eigenvalue weighted by Crippen LogP contribution is -2.24. The minimum atomic E-state index is -0.219. The van der Waals surface area contributed by atoms with E-state index in [1.807, 2.05) is 0 Å². The summed E-state index contributed by atoms with van der Waals surface area (Å²) in [6.45, 7) is 1.86. The van der Waals surface area contributed by atoms with Crippen LogP contribution < -0.4 is 10.2 Å². The third kappa shape index (κ3) is 2.73. The van der Waals surface area contributed by atoms with Gasteiger partial charge in [-0.15, -0.1) is 11.3 Å². The molecule has 0 radical (unpaired) electrons. The van der Waals surface area contributed by atoms with Gasteiger partial charge in [-0.1, -0.05) is 0 Å². The fourth-order valence-electron chi connectivity index (χ4n) is 2.42. The van der Waals surface area contributed by atoms with Crippen molar-refractivity contribution in [1.82, 2.24) is 4.98 Å². The number of rotatable bonds is 3. The van der Waals surface area contributed by atoms with Gasteiger partial charge in [0.05, 0.1) is 11.1 Å². The molecule has 0 aliphatic carbocycles. The van der Waals surface area contributed by atoms with E-state index in [4.69, 9.17) is 5.26 Å². The van der Waals surface area contributed by atoms with Gasteiger partial charge in [-0.25, -0.2) is 4.98 Å². The normalized spacial score (nSPS) is 14.0. The molecule has 3 rings (SSSR count). The first-order chi connectivity index (χ1) is 10.3. The van der Waals surface area contributed by atoms with Gasteiger partial charge in [-0.3, -0.25) is 4.79 Å². The van der Waals surface area contributed by atoms with Crippen molar-refractivity contribution in [3.63, 3.8) is 0 Å². The highest BCUT2D eigenvalue weighted by Crippen LogP contribution is 2.26. The lowest BCUT2D eigenvalue weighted by molar-refractivity contribution is 0.102. The number of aromatic nitrogens is 1. The summed E-state index contributed by atoms with van der Waals surface area (Å²) in [6, 6.07) is 7.30. The summed E-state index contributed by atoms with van der Waals surface area (Å²) < 4.78 is 0. The Bertz CT molecular complexity index is 698. The average Bonchev–Trinajstić information content (AvgIpc) is 3.18. The molecule has 0 aromatic carbocycles. The summed E-state index contributed by atoms with van der Waals surface area (Å²) >= 11 is 1.35. The summed E-state index contributed by atoms with van der Waals surface area (Å²) in [6.07, 6.45) is 3.96. The molecule has 1 aliphatic rings. The minimum absolute atomic E-state index is 0.219. The second-order valence-electron chi connectivity index (χ2n) is 4.80. The Kier molecular flexibility index (Phi) is 3.84. The molecule has 21 heavy (non-hydrogen) atoms. The van der Waals surface area contributed by atoms with E-state index >= 15 is 0 Å². The van der Waals surface area contributed by atoms with E-state index in [2.05, 4.69) is 21.3 Å². The van der Waals surface area contributed by atoms with Crippen LogP contribution in [0.1, 0.15) is 28.8 Å². The summed E-state index contributed by atoms with van der Waals surface area (Å²) in [5.41, 5.74) is 1.04. The number of carbonyl (C=O) groups is 1. The SMILES string of the molecule is N#Cc1ccsc1NC(=O)c1cccnc1N1CCCC1. The van der Waals surface area contributed by atoms with E-state index in [1.165, 1.54) is 11.3 Å². The molecule has 0 bridgehead atoms. The number of nitriles is 1. The van der Waals surface area contributed by atoms with Crippen LogP contribution in [0, 0.1) is 11.3 Å². The number of anilines is 2. The molecule has 3 heterocycles. The first kappa shape index (κ1) is 13.6. The molecule has 0 unspecified atom stereocenters. The third-order valence-corrected chi connectivity index (χ3v) is 4.28. The molecule has 0 saturated carbocycles. The molecule has 5 nitrogen and oxygen atoms in total. The van der Waals surface area contributed by atoms with Crippen LogP contribution in [0.4, 0.5) is 10.8 Å². The van der Waals surface area contributed by atoms with Gasteiger partial charge in [-0.2, -0.15) is 5.26 Å². The van der Waals surface area contributed by atoms with Crippen LogP contribution in [0.2, 0.25) is 0 Å². The van der Waals surface area contributed by atoms with Gasteiger partial charge in [0.25, 0.3) is 5.91 Å². The van der Waals surface area contributed by atoms with E-state index in [0.29, 0.717) is 16.1 Å². The Labute approximate surface area is 126 Å². The zero-order valence-electron chi connectivity index (χ0n) is 11.4. The predicted octanol–water partition coefficient (Wildman–Crippen LogP) is 2.87. The summed E-state index contributed by atoms with van der Waals surface area (Å²) in [5.74, 6) is 0.506. The van der Waals surface area contributed by atoms with Gasteiger partial charge in [-0.05, 0) is 36.4 Å². The Morgan fingerprint density at radius 3 is 2.95 bits per heavy atom. The molecule has 2 aromatic heterocycles. The molecule has 106 valence electrons. The molecular formula is C15H14N4OS. The number of carbonyl (C=O) groups excluding carboxylic acids is 1. The maximum absolute atomic E-state index is 12.5. The maximum Gasteiger partial charge on any atom is 0.260 e. The lowest BCUT2D eigenvalue weighted by Gasteiger charge is -2.19. The molecule has 2 aromatic rings. The summed E-state index contributed by atoms with van der Waals surface area (Å²) in [7, 11) is 0. The number of amides is 1. The van der Waals surface area contributed by atoms with Gasteiger partial charge in [0.2, 0.25) is 0 Å². The fraction of sp³-hybridized carbons (Fsp3) is 0.267. The number of hydrogen-bond donors (Lipinski definition) is 1. The summed E-state index contributed by atoms with van der Waals surface area (Å²) in [4.78, 5) is 19.0. The zero-order chi connectivity index (χ0) is 14.7. The van der Waals surface area contributed by atoms with Gasteiger partial charge in [0.15, 0.2) is 0 Å². The molecule has 1 N–H and O–H groups in total. The fourth-order valence-corrected chi connectivity index (χ4v) is 3.15. The van der Waals surface area contributed by atoms with Crippen molar-refractivity contribution in [1.29, 1.82) is 5.26 Å². The van der Waals surface area contributed by atoms with E-state index in [0.717, 1.165) is 31.7 Å². The average molecular weight is 298 g/mol. The summed E-state index contributed by atoms with van der Waals surface area (Å²) in [5, 5.41) is 14.2. The second kappa shape index (κ2) is 5.94. The Hall–Kier alpha value is -2.39. The Morgan fingerprint density at radius 1 is 1.38 bits per heavy atom. The molecule has 6 heteroatoms. The molecule has 1 fully saturated rings. The number of hydrogen-bond acceptors (Lipinski definition) is 5. The Balaban J connectivity index is 1.86. The van der Waals surface area contributed by atoms with E-state index < -0.39 is 0 Å². The molecule has 0 atom stereocenters. The molecule has 0 spiro atoms. The highest BCUT2D eigenvalue weighted by Gasteiger charge is 2.21. The van der Waals surface area contributed by atoms with Crippen LogP contribution in [0.25, 0.3) is 0 Å². The minimum Gasteiger partial charge on any atom is -0.356 e. The maximum atomic E-state index is 12.5. The third-order valence-electron chi connectivity index (χ3n) is 3.45. The zero-order valence-corrected chi connectivity index (χ0v) is 12.2. The van der Waals surface area contributed by atoms with Gasteiger partial charge >= 0.3 is 0 Å². The highest BCUT2D eigenvalue weighted by molar-refractivity contribution is 7.14. The lowest BCUT2D eigenvalue weighted by atomic mass is 10.2. The van der Waals surface area contributed by atoms with Crippen molar-refractivity contribution in [3.05, 3.63) is 40.9 Å². The second-order valence-corrected chi connectivity index (χ2v) is 5.71. The quantitative estimate of drug-likeness (QED) is 0.946. The van der Waals surface area contributed by atoms with Crippen molar-refractivity contribution in [2.45, 2.75) is 12.8 Å². The highest BCUT2D eigenvalue weighted by atomic mass is 32.1. The smallest absolute Gasteiger partial charge is 0.260 e. The van der Waals surface area contributed by atoms with E-state index in [1.54, 1.807) is 29.8 Å². The Morgan fingerprint density at radius 2 is 2.19 bits per heavy atom. The van der Waals surface area contributed by atoms with Crippen molar-refractivity contribution in [2.75, 3.05) is 23.3 Å². The van der Waals surface area contributed by atoms with Crippen molar-refractivity contribution < 1.29 is 4.79 Å². The topological polar surface area (TPSA) is 69.0 Å². The number of thiophene rings is 1. The van der Waals surface area contributed by atoms with Crippen molar-refractivity contribution in [2.24, 2.45) is 0 Å². The van der Waals surface area contributed by atoms with Gasteiger partial charge in [0.1, 0.15) is 16.9 Å². The predicted molar refractivity (Wildman–Crippen MR) is 82.7 cm³/mol. The first-order valence-corrected chi connectivity index (χ1v) is 7.66. The van der Waals surface area contributed by atoms with Crippen LogP contribution in [-0.2, 0) is 0 Å². The first-order valence-electron chi connectivity index (χ1n) is 6.78. The number of nitrogens with one attached hydrogen (secondary N) is 1. The van der Waals surface area contributed by atoms with Crippen LogP contribution in [-0.4, -0.2) is 24.0 Å². The van der Waals surface area contributed by atoms with Gasteiger partial charge < -0.3 is 10.2 Å². The van der Waals surface area contributed by atoms with Crippen LogP contribution in [0.3, 0.4) is 0 Å². The van der Waals surface area contributed by atoms with E-state index in [-0.39, 0.29) is 5.91 Å². The molecule has 1 saturated heterocycles. The van der Waals surface area contributed by atoms with Crippen LogP contribution >= 0.6 is 11.3 Å². The van der Waals surface area contributed by atoms with Crippen LogP contribution in [0.5, 0.6) is 0 Å². The van der Waals surface area contributed by atoms with Crippen molar-refractivity contribution >= 4 is 28.1 Å². The molecular weight excluding hydrogens is 284 g/mol. The monoisotopic (exact) mass is 298 g/mol. The molecule has 1 amide bonds. The number of pyridine rings is 1. The number of nitrogens with zero attached hydrogens (tertiary/aromatic N) is 3. The van der Waals surface area contributed by atoms with E-state index in [9.17, 15) is 4.79 Å². The molecule has 1 aliphatic heterocycles. The largest absolute Gasteiger partial charge is 0.356 e. The van der Waals surface area contributed by atoms with Gasteiger partial charge in [0, 0.05) is 19.3 Å².